The van der Waals surface area contributed by atoms with Gasteiger partial charge in [0.2, 0.25) is 0 Å². The number of carbonyl (C=O) groups excluding carboxylic acids is 3. The van der Waals surface area contributed by atoms with Crippen molar-refractivity contribution in [3.8, 4) is 16.9 Å². The average Bonchev–Trinajstić information content (AvgIpc) is 3.10. The molecule has 0 aliphatic carbocycles. The molecule has 0 saturated heterocycles. The van der Waals surface area contributed by atoms with Gasteiger partial charge in [0.15, 0.2) is 0 Å². The number of benzene rings is 4. The fraction of sp³-hybridized carbons (Fsp3) is 0.275. The van der Waals surface area contributed by atoms with Crippen molar-refractivity contribution in [1.82, 2.24) is 5.32 Å². The first-order valence-corrected chi connectivity index (χ1v) is 16.7. The van der Waals surface area contributed by atoms with E-state index in [1.165, 1.54) is 18.2 Å². The number of nitrogens with zero attached hydrogens (tertiary/aromatic N) is 1. The number of aromatic carboxylic acids is 1. The molecule has 0 atom stereocenters. The Labute approximate surface area is 298 Å². The lowest BCUT2D eigenvalue weighted by atomic mass is 9.93. The number of rotatable bonds is 11. The van der Waals surface area contributed by atoms with Crippen LogP contribution in [0.2, 0.25) is 0 Å². The summed E-state index contributed by atoms with van der Waals surface area (Å²) in [6, 6.07) is 25.0. The number of hydrogen-bond donors (Lipinski definition) is 4. The van der Waals surface area contributed by atoms with Crippen molar-refractivity contribution in [2.24, 2.45) is 16.6 Å². The summed E-state index contributed by atoms with van der Waals surface area (Å²) < 4.78 is 11.2. The molecule has 11 nitrogen and oxygen atoms in total. The zero-order chi connectivity index (χ0) is 37.7. The van der Waals surface area contributed by atoms with Gasteiger partial charge in [-0.15, -0.1) is 0 Å². The van der Waals surface area contributed by atoms with Crippen LogP contribution in [0.3, 0.4) is 0 Å². The molecule has 5 N–H and O–H groups in total. The number of hydrogen-bond acceptors (Lipinski definition) is 6. The molecular formula is C40H46N4O7. The van der Waals surface area contributed by atoms with Gasteiger partial charge in [0.25, 0.3) is 11.8 Å². The van der Waals surface area contributed by atoms with Gasteiger partial charge in [-0.25, -0.2) is 9.59 Å². The lowest BCUT2D eigenvalue weighted by molar-refractivity contribution is 0.0602. The van der Waals surface area contributed by atoms with Crippen LogP contribution < -0.4 is 21.1 Å². The van der Waals surface area contributed by atoms with Gasteiger partial charge >= 0.3 is 12.1 Å². The number of carboxylic acid groups (broad SMARTS) is 1. The van der Waals surface area contributed by atoms with Crippen LogP contribution in [-0.4, -0.2) is 47.0 Å². The van der Waals surface area contributed by atoms with Gasteiger partial charge in [-0.1, -0.05) is 64.1 Å². The second-order valence-electron chi connectivity index (χ2n) is 12.7. The van der Waals surface area contributed by atoms with Gasteiger partial charge < -0.3 is 30.9 Å². The third-order valence-electron chi connectivity index (χ3n) is 7.00. The first kappa shape index (κ1) is 39.5. The molecule has 0 aromatic heterocycles. The Morgan fingerprint density at radius 1 is 0.804 bits per heavy atom. The number of carboxylic acids is 1. The maximum atomic E-state index is 13.8. The zero-order valence-corrected chi connectivity index (χ0v) is 30.1. The highest BCUT2D eigenvalue weighted by Crippen LogP contribution is 2.32. The van der Waals surface area contributed by atoms with Gasteiger partial charge in [-0.2, -0.15) is 4.99 Å². The summed E-state index contributed by atoms with van der Waals surface area (Å²) in [5, 5.41) is 15.8. The normalized spacial score (nSPS) is 11.2. The molecule has 0 fully saturated rings. The topological polar surface area (TPSA) is 169 Å². The summed E-state index contributed by atoms with van der Waals surface area (Å²) in [5.74, 6) is -1.65. The summed E-state index contributed by atoms with van der Waals surface area (Å²) in [6.07, 6.45) is -0.825. The summed E-state index contributed by atoms with van der Waals surface area (Å²) in [4.78, 5) is 54.9. The third kappa shape index (κ3) is 11.8. The summed E-state index contributed by atoms with van der Waals surface area (Å²) >= 11 is 0. The molecule has 4 aromatic rings. The van der Waals surface area contributed by atoms with Gasteiger partial charge in [0.05, 0.1) is 11.1 Å². The van der Waals surface area contributed by atoms with E-state index in [9.17, 15) is 24.3 Å². The summed E-state index contributed by atoms with van der Waals surface area (Å²) in [6.45, 7) is 13.7. The van der Waals surface area contributed by atoms with Gasteiger partial charge in [0.1, 0.15) is 23.8 Å². The molecule has 0 aliphatic rings. The second-order valence-corrected chi connectivity index (χ2v) is 12.7. The summed E-state index contributed by atoms with van der Waals surface area (Å²) in [5.41, 5.74) is 7.77. The lowest BCUT2D eigenvalue weighted by Crippen LogP contribution is -2.27. The average molecular weight is 695 g/mol. The molecule has 51 heavy (non-hydrogen) atoms. The van der Waals surface area contributed by atoms with Gasteiger partial charge in [-0.3, -0.25) is 9.59 Å². The minimum atomic E-state index is -1.26. The number of carbonyl (C=O) groups is 4. The van der Waals surface area contributed by atoms with Gasteiger partial charge in [-0.05, 0) is 98.0 Å². The maximum absolute atomic E-state index is 13.8. The molecule has 0 unspecified atom stereocenters. The van der Waals surface area contributed by atoms with Crippen LogP contribution in [0.4, 0.5) is 10.5 Å². The molecule has 4 aromatic carbocycles. The van der Waals surface area contributed by atoms with Crippen molar-refractivity contribution in [3.63, 3.8) is 0 Å². The van der Waals surface area contributed by atoms with Crippen LogP contribution in [0.25, 0.3) is 11.1 Å². The van der Waals surface area contributed by atoms with Crippen molar-refractivity contribution < 1.29 is 33.8 Å². The SMILES string of the molecule is CC.CC(C)CNC(=O)c1ccc(-c2ccc(OCc3ccccc3)cc2C(=O)Nc2ccc(/C(N)=N/C(=O)OC(C)(C)C)cc2)c(C(=O)O)c1. The highest BCUT2D eigenvalue weighted by atomic mass is 16.6. The lowest BCUT2D eigenvalue weighted by Gasteiger charge is -2.17. The van der Waals surface area contributed by atoms with Crippen LogP contribution in [0.1, 0.15) is 90.7 Å². The van der Waals surface area contributed by atoms with E-state index in [-0.39, 0.29) is 40.6 Å². The zero-order valence-electron chi connectivity index (χ0n) is 30.1. The monoisotopic (exact) mass is 694 g/mol. The molecular weight excluding hydrogens is 648 g/mol. The van der Waals surface area contributed by atoms with Crippen molar-refractivity contribution >= 4 is 35.4 Å². The van der Waals surface area contributed by atoms with Crippen molar-refractivity contribution in [1.29, 1.82) is 0 Å². The Morgan fingerprint density at radius 3 is 2.02 bits per heavy atom. The summed E-state index contributed by atoms with van der Waals surface area (Å²) in [7, 11) is 0. The fourth-order valence-corrected chi connectivity index (χ4v) is 4.64. The first-order valence-electron chi connectivity index (χ1n) is 16.7. The van der Waals surface area contributed by atoms with E-state index in [4.69, 9.17) is 15.2 Å². The Hall–Kier alpha value is -5.97. The number of ether oxygens (including phenoxy) is 2. The number of aliphatic imine (C=N–C) groups is 1. The second kappa shape index (κ2) is 18.1. The van der Waals surface area contributed by atoms with Crippen LogP contribution in [0.5, 0.6) is 5.75 Å². The molecule has 0 spiro atoms. The van der Waals surface area contributed by atoms with Crippen molar-refractivity contribution in [2.75, 3.05) is 11.9 Å². The number of nitrogens with two attached hydrogens (primary N) is 1. The predicted octanol–water partition coefficient (Wildman–Crippen LogP) is 7.94. The van der Waals surface area contributed by atoms with E-state index in [0.717, 1.165) is 5.56 Å². The van der Waals surface area contributed by atoms with Crippen LogP contribution in [0.15, 0.2) is 96.0 Å². The van der Waals surface area contributed by atoms with E-state index < -0.39 is 29.5 Å². The number of anilines is 1. The fourth-order valence-electron chi connectivity index (χ4n) is 4.64. The number of amidine groups is 1. The van der Waals surface area contributed by atoms with E-state index in [1.807, 2.05) is 58.0 Å². The highest BCUT2D eigenvalue weighted by Gasteiger charge is 2.22. The molecule has 0 radical (unpaired) electrons. The highest BCUT2D eigenvalue weighted by molar-refractivity contribution is 6.11. The first-order chi connectivity index (χ1) is 24.2. The van der Waals surface area contributed by atoms with Crippen LogP contribution in [-0.2, 0) is 11.3 Å². The molecule has 4 rings (SSSR count). The Bertz CT molecular complexity index is 1860. The minimum Gasteiger partial charge on any atom is -0.489 e. The van der Waals surface area contributed by atoms with E-state index in [2.05, 4.69) is 15.6 Å². The van der Waals surface area contributed by atoms with Gasteiger partial charge in [0, 0.05) is 23.4 Å². The Morgan fingerprint density at radius 2 is 1.41 bits per heavy atom. The van der Waals surface area contributed by atoms with E-state index in [1.54, 1.807) is 63.2 Å². The van der Waals surface area contributed by atoms with Crippen LogP contribution in [0, 0.1) is 5.92 Å². The quantitative estimate of drug-likeness (QED) is 0.0906. The molecule has 0 saturated carbocycles. The molecule has 0 aliphatic heterocycles. The largest absolute Gasteiger partial charge is 0.489 e. The smallest absolute Gasteiger partial charge is 0.436 e. The molecule has 268 valence electrons. The molecule has 3 amide bonds. The van der Waals surface area contributed by atoms with E-state index >= 15 is 0 Å². The van der Waals surface area contributed by atoms with Crippen molar-refractivity contribution in [3.05, 3.63) is 119 Å². The number of amides is 3. The third-order valence-corrected chi connectivity index (χ3v) is 7.00. The van der Waals surface area contributed by atoms with Crippen molar-refractivity contribution in [2.45, 2.75) is 60.7 Å². The predicted molar refractivity (Wildman–Crippen MR) is 199 cm³/mol. The maximum Gasteiger partial charge on any atom is 0.436 e. The Kier molecular flexibility index (Phi) is 14.0. The Balaban J connectivity index is 0.00000345. The standard InChI is InChI=1S/C38H40N4O7.C2H6/c1-23(2)21-40-34(43)26-13-17-30(32(19-26)36(45)46)29-18-16-28(48-22-24-9-7-6-8-10-24)20-31(29)35(44)41-27-14-11-25(12-15-27)33(39)42-37(47)49-38(3,4)5;1-2/h6-20,23H,21-22H2,1-5H3,(H,40,43)(H,41,44)(H,45,46)(H2,39,42,47);1-2H3. The molecule has 11 heteroatoms. The van der Waals surface area contributed by atoms with Crippen LogP contribution >= 0.6 is 0 Å². The molecule has 0 bridgehead atoms. The number of nitrogens with one attached hydrogen (secondary N) is 2. The van der Waals surface area contributed by atoms with E-state index in [0.29, 0.717) is 29.1 Å². The minimum absolute atomic E-state index is 0.0554. The molecule has 0 heterocycles.